The number of hydrogen-bond acceptors (Lipinski definition) is 2. The maximum absolute atomic E-state index is 4.50. The number of aryl methyl sites for hydroxylation is 2. The number of rotatable bonds is 3. The summed E-state index contributed by atoms with van der Waals surface area (Å²) in [5, 5.41) is 0. The van der Waals surface area contributed by atoms with Crippen LogP contribution in [0.2, 0.25) is 0 Å². The van der Waals surface area contributed by atoms with Crippen LogP contribution in [-0.4, -0.2) is 9.97 Å². The van der Waals surface area contributed by atoms with Crippen molar-refractivity contribution >= 4 is 0 Å². The van der Waals surface area contributed by atoms with E-state index in [-0.39, 0.29) is 0 Å². The van der Waals surface area contributed by atoms with Crippen LogP contribution in [0.25, 0.3) is 0 Å². The van der Waals surface area contributed by atoms with Gasteiger partial charge in [0.1, 0.15) is 0 Å². The summed E-state index contributed by atoms with van der Waals surface area (Å²) < 4.78 is 0. The summed E-state index contributed by atoms with van der Waals surface area (Å²) in [6.07, 6.45) is 4.08. The molecule has 0 saturated carbocycles. The van der Waals surface area contributed by atoms with Crippen LogP contribution in [0, 0.1) is 19.8 Å². The summed E-state index contributed by atoms with van der Waals surface area (Å²) in [4.78, 5) is 8.80. The maximum Gasteiger partial charge on any atom is 0.0621 e. The summed E-state index contributed by atoms with van der Waals surface area (Å²) in [7, 11) is 0. The molecule has 1 atom stereocenters. The standard InChI is InChI=1S/C11H18N2/c1-5-8(2)6-11-10(4)12-7-9(3)13-11/h7-8H,5-6H2,1-4H3/t8-/m0/s1. The van der Waals surface area contributed by atoms with E-state index < -0.39 is 0 Å². The molecular formula is C11H18N2. The highest BCUT2D eigenvalue weighted by Crippen LogP contribution is 2.11. The van der Waals surface area contributed by atoms with Gasteiger partial charge in [0.15, 0.2) is 0 Å². The van der Waals surface area contributed by atoms with Gasteiger partial charge in [-0.15, -0.1) is 0 Å². The third-order valence-corrected chi connectivity index (χ3v) is 2.41. The molecule has 0 amide bonds. The van der Waals surface area contributed by atoms with E-state index >= 15 is 0 Å². The van der Waals surface area contributed by atoms with Crippen molar-refractivity contribution < 1.29 is 0 Å². The monoisotopic (exact) mass is 178 g/mol. The fraction of sp³-hybridized carbons (Fsp3) is 0.636. The highest BCUT2D eigenvalue weighted by Gasteiger charge is 2.06. The van der Waals surface area contributed by atoms with E-state index in [2.05, 4.69) is 23.8 Å². The van der Waals surface area contributed by atoms with Crippen LogP contribution in [0.3, 0.4) is 0 Å². The Labute approximate surface area is 80.4 Å². The summed E-state index contributed by atoms with van der Waals surface area (Å²) in [5.74, 6) is 0.704. The number of hydrogen-bond donors (Lipinski definition) is 0. The van der Waals surface area contributed by atoms with E-state index in [9.17, 15) is 0 Å². The summed E-state index contributed by atoms with van der Waals surface area (Å²) in [6.45, 7) is 8.49. The smallest absolute Gasteiger partial charge is 0.0621 e. The highest BCUT2D eigenvalue weighted by molar-refractivity contribution is 5.12. The van der Waals surface area contributed by atoms with E-state index in [0.29, 0.717) is 5.92 Å². The highest BCUT2D eigenvalue weighted by atomic mass is 14.8. The Balaban J connectivity index is 2.81. The lowest BCUT2D eigenvalue weighted by Gasteiger charge is -2.09. The van der Waals surface area contributed by atoms with Crippen LogP contribution in [0.4, 0.5) is 0 Å². The van der Waals surface area contributed by atoms with Gasteiger partial charge >= 0.3 is 0 Å². The Bertz CT molecular complexity index is 281. The average Bonchev–Trinajstić information content (AvgIpc) is 2.11. The van der Waals surface area contributed by atoms with E-state index in [1.807, 2.05) is 20.0 Å². The quantitative estimate of drug-likeness (QED) is 0.711. The zero-order valence-corrected chi connectivity index (χ0v) is 8.96. The molecule has 0 bridgehead atoms. The first-order valence-corrected chi connectivity index (χ1v) is 4.92. The maximum atomic E-state index is 4.50. The second-order valence-electron chi connectivity index (χ2n) is 3.76. The predicted octanol–water partition coefficient (Wildman–Crippen LogP) is 2.68. The summed E-state index contributed by atoms with van der Waals surface area (Å²) in [5.41, 5.74) is 3.25. The Kier molecular flexibility index (Phi) is 3.40. The van der Waals surface area contributed by atoms with Gasteiger partial charge in [0, 0.05) is 6.20 Å². The molecule has 0 N–H and O–H groups in total. The predicted molar refractivity (Wildman–Crippen MR) is 54.7 cm³/mol. The van der Waals surface area contributed by atoms with Gasteiger partial charge in [-0.3, -0.25) is 9.97 Å². The summed E-state index contributed by atoms with van der Waals surface area (Å²) >= 11 is 0. The van der Waals surface area contributed by atoms with Crippen molar-refractivity contribution in [2.24, 2.45) is 5.92 Å². The topological polar surface area (TPSA) is 25.8 Å². The van der Waals surface area contributed by atoms with Gasteiger partial charge in [0.2, 0.25) is 0 Å². The molecule has 0 radical (unpaired) electrons. The van der Waals surface area contributed by atoms with Crippen molar-refractivity contribution in [3.8, 4) is 0 Å². The third-order valence-electron chi connectivity index (χ3n) is 2.41. The molecular weight excluding hydrogens is 160 g/mol. The molecule has 2 heteroatoms. The van der Waals surface area contributed by atoms with Gasteiger partial charge in [-0.25, -0.2) is 0 Å². The minimum Gasteiger partial charge on any atom is -0.258 e. The molecule has 72 valence electrons. The molecule has 1 rings (SSSR count). The van der Waals surface area contributed by atoms with E-state index in [1.54, 1.807) is 0 Å². The largest absolute Gasteiger partial charge is 0.258 e. The van der Waals surface area contributed by atoms with Crippen LogP contribution in [-0.2, 0) is 6.42 Å². The molecule has 0 aromatic carbocycles. The molecule has 1 heterocycles. The van der Waals surface area contributed by atoms with Gasteiger partial charge in [-0.2, -0.15) is 0 Å². The molecule has 2 nitrogen and oxygen atoms in total. The molecule has 0 fully saturated rings. The minimum atomic E-state index is 0.704. The average molecular weight is 178 g/mol. The Morgan fingerprint density at radius 3 is 2.69 bits per heavy atom. The molecule has 0 aliphatic rings. The minimum absolute atomic E-state index is 0.704. The second-order valence-corrected chi connectivity index (χ2v) is 3.76. The Hall–Kier alpha value is -0.920. The first-order valence-electron chi connectivity index (χ1n) is 4.92. The van der Waals surface area contributed by atoms with Crippen molar-refractivity contribution in [1.29, 1.82) is 0 Å². The molecule has 1 aromatic rings. The first kappa shape index (κ1) is 10.2. The van der Waals surface area contributed by atoms with Crippen LogP contribution in [0.15, 0.2) is 6.20 Å². The molecule has 0 saturated heterocycles. The molecule has 0 spiro atoms. The van der Waals surface area contributed by atoms with E-state index in [4.69, 9.17) is 0 Å². The zero-order chi connectivity index (χ0) is 9.84. The van der Waals surface area contributed by atoms with E-state index in [0.717, 1.165) is 23.5 Å². The summed E-state index contributed by atoms with van der Waals surface area (Å²) in [6, 6.07) is 0. The normalized spacial score (nSPS) is 12.9. The lowest BCUT2D eigenvalue weighted by atomic mass is 10.0. The van der Waals surface area contributed by atoms with Crippen molar-refractivity contribution in [3.63, 3.8) is 0 Å². The molecule has 0 aliphatic carbocycles. The van der Waals surface area contributed by atoms with Gasteiger partial charge in [0.25, 0.3) is 0 Å². The molecule has 0 aliphatic heterocycles. The fourth-order valence-electron chi connectivity index (χ4n) is 1.26. The second kappa shape index (κ2) is 4.35. The van der Waals surface area contributed by atoms with Crippen molar-refractivity contribution in [2.75, 3.05) is 0 Å². The Morgan fingerprint density at radius 1 is 1.38 bits per heavy atom. The van der Waals surface area contributed by atoms with Crippen molar-refractivity contribution in [2.45, 2.75) is 40.5 Å². The Morgan fingerprint density at radius 2 is 2.08 bits per heavy atom. The fourth-order valence-corrected chi connectivity index (χ4v) is 1.26. The van der Waals surface area contributed by atoms with Gasteiger partial charge in [-0.1, -0.05) is 20.3 Å². The SMILES string of the molecule is CC[C@H](C)Cc1nc(C)cnc1C. The molecule has 0 unspecified atom stereocenters. The molecule has 1 aromatic heterocycles. The van der Waals surface area contributed by atoms with Crippen LogP contribution in [0.5, 0.6) is 0 Å². The van der Waals surface area contributed by atoms with Crippen molar-refractivity contribution in [3.05, 3.63) is 23.3 Å². The van der Waals surface area contributed by atoms with Gasteiger partial charge in [-0.05, 0) is 26.2 Å². The van der Waals surface area contributed by atoms with E-state index in [1.165, 1.54) is 6.42 Å². The van der Waals surface area contributed by atoms with Gasteiger partial charge in [0.05, 0.1) is 17.1 Å². The number of nitrogens with zero attached hydrogens (tertiary/aromatic N) is 2. The molecule has 13 heavy (non-hydrogen) atoms. The van der Waals surface area contributed by atoms with Crippen molar-refractivity contribution in [1.82, 2.24) is 9.97 Å². The third kappa shape index (κ3) is 2.79. The van der Waals surface area contributed by atoms with Crippen LogP contribution >= 0.6 is 0 Å². The lowest BCUT2D eigenvalue weighted by Crippen LogP contribution is -2.05. The zero-order valence-electron chi connectivity index (χ0n) is 8.96. The van der Waals surface area contributed by atoms with Crippen LogP contribution < -0.4 is 0 Å². The van der Waals surface area contributed by atoms with Gasteiger partial charge < -0.3 is 0 Å². The first-order chi connectivity index (χ1) is 6.13. The van der Waals surface area contributed by atoms with Crippen LogP contribution in [0.1, 0.15) is 37.4 Å². The lowest BCUT2D eigenvalue weighted by molar-refractivity contribution is 0.548. The number of aromatic nitrogens is 2.